The van der Waals surface area contributed by atoms with Crippen molar-refractivity contribution in [3.63, 3.8) is 0 Å². The van der Waals surface area contributed by atoms with Gasteiger partial charge in [0, 0.05) is 50.6 Å². The third-order valence-corrected chi connectivity index (χ3v) is 6.81. The predicted octanol–water partition coefficient (Wildman–Crippen LogP) is 6.79. The van der Waals surface area contributed by atoms with Crippen molar-refractivity contribution >= 4 is 6.09 Å². The highest BCUT2D eigenvalue weighted by Gasteiger charge is 2.23. The van der Waals surface area contributed by atoms with Gasteiger partial charge < -0.3 is 19.3 Å². The molecular weight excluding hydrogens is 464 g/mol. The number of nitrogens with zero attached hydrogens (tertiary/aromatic N) is 4. The number of aromatic nitrogens is 2. The maximum absolute atomic E-state index is 12.4. The van der Waals surface area contributed by atoms with E-state index in [0.717, 1.165) is 44.7 Å². The first kappa shape index (κ1) is 29.2. The van der Waals surface area contributed by atoms with Crippen LogP contribution in [0.2, 0.25) is 0 Å². The molecule has 0 bridgehead atoms. The quantitative estimate of drug-likeness (QED) is 0.370. The van der Waals surface area contributed by atoms with E-state index in [9.17, 15) is 4.79 Å². The Morgan fingerprint density at radius 2 is 1.73 bits per heavy atom. The maximum Gasteiger partial charge on any atom is 0.410 e. The Labute approximate surface area is 224 Å². The second-order valence-corrected chi connectivity index (χ2v) is 12.1. The SMILES string of the molecule is CC(C)c1cc(-c2nn(C3CCCCO3)cc2CN(C)CCN(C)C(=O)OC(C)(C)C)cc(C(C)C)c1. The summed E-state index contributed by atoms with van der Waals surface area (Å²) in [6, 6.07) is 6.92. The Morgan fingerprint density at radius 1 is 1.08 bits per heavy atom. The fourth-order valence-electron chi connectivity index (χ4n) is 4.47. The van der Waals surface area contributed by atoms with Crippen LogP contribution >= 0.6 is 0 Å². The van der Waals surface area contributed by atoms with Crippen molar-refractivity contribution in [2.75, 3.05) is 33.8 Å². The number of rotatable bonds is 9. The fourth-order valence-corrected chi connectivity index (χ4v) is 4.47. The van der Waals surface area contributed by atoms with Crippen LogP contribution in [0, 0.1) is 0 Å². The Balaban J connectivity index is 1.85. The summed E-state index contributed by atoms with van der Waals surface area (Å²) < 4.78 is 13.6. The molecule has 2 aromatic rings. The molecule has 1 amide bonds. The molecule has 2 heterocycles. The number of amides is 1. The van der Waals surface area contributed by atoms with E-state index in [1.807, 2.05) is 25.5 Å². The lowest BCUT2D eigenvalue weighted by Gasteiger charge is -2.26. The van der Waals surface area contributed by atoms with Crippen molar-refractivity contribution in [2.45, 2.75) is 97.9 Å². The van der Waals surface area contributed by atoms with Crippen LogP contribution in [0.1, 0.15) is 102 Å². The van der Waals surface area contributed by atoms with Crippen LogP contribution in [0.3, 0.4) is 0 Å². The molecule has 1 aliphatic rings. The largest absolute Gasteiger partial charge is 0.444 e. The van der Waals surface area contributed by atoms with Gasteiger partial charge in [0.2, 0.25) is 0 Å². The smallest absolute Gasteiger partial charge is 0.410 e. The molecule has 0 aliphatic carbocycles. The fraction of sp³-hybridized carbons (Fsp3) is 0.667. The molecule has 1 atom stereocenters. The van der Waals surface area contributed by atoms with E-state index in [-0.39, 0.29) is 12.3 Å². The Kier molecular flexibility index (Phi) is 9.81. The van der Waals surface area contributed by atoms with E-state index in [4.69, 9.17) is 14.6 Å². The van der Waals surface area contributed by atoms with E-state index in [1.54, 1.807) is 11.9 Å². The third kappa shape index (κ3) is 8.30. The van der Waals surface area contributed by atoms with Gasteiger partial charge in [-0.15, -0.1) is 0 Å². The molecule has 1 aromatic carbocycles. The van der Waals surface area contributed by atoms with Gasteiger partial charge in [0.1, 0.15) is 11.8 Å². The van der Waals surface area contributed by atoms with Crippen LogP contribution in [0.5, 0.6) is 0 Å². The van der Waals surface area contributed by atoms with Crippen molar-refractivity contribution in [2.24, 2.45) is 0 Å². The summed E-state index contributed by atoms with van der Waals surface area (Å²) in [4.78, 5) is 16.3. The number of ether oxygens (including phenoxy) is 2. The number of carbonyl (C=O) groups excluding carboxylic acids is 1. The van der Waals surface area contributed by atoms with Gasteiger partial charge in [0.25, 0.3) is 0 Å². The van der Waals surface area contributed by atoms with Crippen LogP contribution in [0.15, 0.2) is 24.4 Å². The minimum atomic E-state index is -0.499. The maximum atomic E-state index is 12.4. The van der Waals surface area contributed by atoms with Gasteiger partial charge in [-0.3, -0.25) is 0 Å². The lowest BCUT2D eigenvalue weighted by molar-refractivity contribution is -0.0394. The van der Waals surface area contributed by atoms with Crippen LogP contribution in [0.4, 0.5) is 4.79 Å². The number of likely N-dealkylation sites (N-methyl/N-ethyl adjacent to an activating group) is 2. The van der Waals surface area contributed by atoms with Crippen LogP contribution < -0.4 is 0 Å². The molecule has 206 valence electrons. The summed E-state index contributed by atoms with van der Waals surface area (Å²) >= 11 is 0. The summed E-state index contributed by atoms with van der Waals surface area (Å²) in [5, 5.41) is 5.10. The number of benzene rings is 1. The van der Waals surface area contributed by atoms with Gasteiger partial charge in [-0.05, 0) is 82.2 Å². The molecule has 7 heteroatoms. The van der Waals surface area contributed by atoms with Crippen LogP contribution in [-0.2, 0) is 16.0 Å². The van der Waals surface area contributed by atoms with Crippen LogP contribution in [0.25, 0.3) is 11.3 Å². The average molecular weight is 513 g/mol. The normalized spacial score (nSPS) is 16.6. The van der Waals surface area contributed by atoms with Gasteiger partial charge in [-0.2, -0.15) is 5.10 Å². The molecule has 1 saturated heterocycles. The number of hydrogen-bond donors (Lipinski definition) is 0. The monoisotopic (exact) mass is 512 g/mol. The first-order chi connectivity index (χ1) is 17.3. The van der Waals surface area contributed by atoms with E-state index < -0.39 is 5.60 Å². The van der Waals surface area contributed by atoms with Crippen molar-refractivity contribution in [1.29, 1.82) is 0 Å². The Hall–Kier alpha value is -2.38. The molecule has 7 nitrogen and oxygen atoms in total. The summed E-state index contributed by atoms with van der Waals surface area (Å²) in [5.74, 6) is 0.881. The van der Waals surface area contributed by atoms with Crippen molar-refractivity contribution in [3.8, 4) is 11.3 Å². The van der Waals surface area contributed by atoms with Gasteiger partial charge in [0.15, 0.2) is 0 Å². The molecule has 0 N–H and O–H groups in total. The van der Waals surface area contributed by atoms with E-state index in [0.29, 0.717) is 18.4 Å². The zero-order valence-corrected chi connectivity index (χ0v) is 24.5. The molecule has 0 saturated carbocycles. The summed E-state index contributed by atoms with van der Waals surface area (Å²) in [6.07, 6.45) is 5.11. The van der Waals surface area contributed by atoms with Crippen molar-refractivity contribution < 1.29 is 14.3 Å². The molecule has 37 heavy (non-hydrogen) atoms. The zero-order valence-electron chi connectivity index (χ0n) is 24.5. The average Bonchev–Trinajstić information content (AvgIpc) is 3.25. The van der Waals surface area contributed by atoms with E-state index in [2.05, 4.69) is 64.0 Å². The third-order valence-electron chi connectivity index (χ3n) is 6.81. The molecule has 1 fully saturated rings. The van der Waals surface area contributed by atoms with Gasteiger partial charge in [-0.25, -0.2) is 9.48 Å². The van der Waals surface area contributed by atoms with Crippen molar-refractivity contribution in [3.05, 3.63) is 41.1 Å². The first-order valence-corrected chi connectivity index (χ1v) is 13.8. The molecular formula is C30H48N4O3. The van der Waals surface area contributed by atoms with Crippen molar-refractivity contribution in [1.82, 2.24) is 19.6 Å². The van der Waals surface area contributed by atoms with Gasteiger partial charge >= 0.3 is 6.09 Å². The van der Waals surface area contributed by atoms with E-state index >= 15 is 0 Å². The Bertz CT molecular complexity index is 1010. The highest BCUT2D eigenvalue weighted by molar-refractivity contribution is 5.67. The summed E-state index contributed by atoms with van der Waals surface area (Å²) in [5.41, 5.74) is 5.53. The van der Waals surface area contributed by atoms with E-state index in [1.165, 1.54) is 22.3 Å². The minimum Gasteiger partial charge on any atom is -0.444 e. The second kappa shape index (κ2) is 12.4. The molecule has 0 spiro atoms. The molecule has 3 rings (SSSR count). The van der Waals surface area contributed by atoms with Gasteiger partial charge in [0.05, 0.1) is 5.69 Å². The topological polar surface area (TPSA) is 59.8 Å². The molecule has 1 aliphatic heterocycles. The molecule has 1 aromatic heterocycles. The first-order valence-electron chi connectivity index (χ1n) is 13.8. The Morgan fingerprint density at radius 3 is 2.27 bits per heavy atom. The van der Waals surface area contributed by atoms with Crippen LogP contribution in [-0.4, -0.2) is 65.1 Å². The molecule has 0 radical (unpaired) electrons. The lowest BCUT2D eigenvalue weighted by Crippen LogP contribution is -2.38. The number of hydrogen-bond acceptors (Lipinski definition) is 5. The minimum absolute atomic E-state index is 0.0114. The van der Waals surface area contributed by atoms with Gasteiger partial charge in [-0.1, -0.05) is 33.8 Å². The zero-order chi connectivity index (χ0) is 27.3. The standard InChI is InChI=1S/C30H48N4O3/c1-21(2)23-16-24(22(3)4)18-25(17-23)28-26(20-34(31-28)27-12-10-11-15-36-27)19-32(8)13-14-33(9)29(35)37-30(5,6)7/h16-18,20-22,27H,10-15,19H2,1-9H3. The predicted molar refractivity (Wildman–Crippen MR) is 150 cm³/mol. The highest BCUT2D eigenvalue weighted by Crippen LogP contribution is 2.32. The highest BCUT2D eigenvalue weighted by atomic mass is 16.6. The number of carbonyl (C=O) groups is 1. The summed E-state index contributed by atoms with van der Waals surface area (Å²) in [6.45, 7) is 17.5. The second-order valence-electron chi connectivity index (χ2n) is 12.1. The lowest BCUT2D eigenvalue weighted by atomic mass is 9.91. The molecule has 1 unspecified atom stereocenters. The summed E-state index contributed by atoms with van der Waals surface area (Å²) in [7, 11) is 3.88.